The van der Waals surface area contributed by atoms with Gasteiger partial charge in [-0.05, 0) is 64.2 Å². The van der Waals surface area contributed by atoms with Crippen LogP contribution in [0.1, 0.15) is 56.3 Å². The molecule has 0 spiro atoms. The van der Waals surface area contributed by atoms with E-state index in [0.29, 0.717) is 18.5 Å². The Balaban J connectivity index is 1.88. The fraction of sp³-hybridized carbons (Fsp3) is 0.556. The number of amides is 1. The first-order chi connectivity index (χ1) is 10.9. The number of carboxylic acid groups (broad SMARTS) is 1. The minimum atomic E-state index is -0.862. The van der Waals surface area contributed by atoms with Crippen LogP contribution in [0.2, 0.25) is 0 Å². The number of nitrogens with one attached hydrogen (secondary N) is 1. The van der Waals surface area contributed by atoms with Gasteiger partial charge in [-0.3, -0.25) is 9.59 Å². The number of aliphatic carboxylic acids is 1. The Morgan fingerprint density at radius 3 is 2.65 bits per heavy atom. The average Bonchev–Trinajstić information content (AvgIpc) is 3.00. The summed E-state index contributed by atoms with van der Waals surface area (Å²) in [5.41, 5.74) is -0.311. The van der Waals surface area contributed by atoms with Gasteiger partial charge in [-0.25, -0.2) is 0 Å². The smallest absolute Gasteiger partial charge is 0.309 e. The van der Waals surface area contributed by atoms with Crippen molar-refractivity contribution in [2.24, 2.45) is 5.41 Å². The molecule has 0 atom stereocenters. The molecule has 5 nitrogen and oxygen atoms in total. The van der Waals surface area contributed by atoms with Gasteiger partial charge in [0.05, 0.1) is 11.5 Å². The maximum Gasteiger partial charge on any atom is 0.309 e. The maximum atomic E-state index is 12.2. The molecule has 0 unspecified atom stereocenters. The lowest BCUT2D eigenvalue weighted by Gasteiger charge is -2.19. The zero-order chi connectivity index (χ0) is 16.9. The maximum absolute atomic E-state index is 12.2. The Morgan fingerprint density at radius 2 is 2.00 bits per heavy atom. The lowest BCUT2D eigenvalue weighted by atomic mass is 9.90. The number of hydrogen-bond acceptors (Lipinski definition) is 3. The molecule has 1 aromatic rings. The van der Waals surface area contributed by atoms with Crippen molar-refractivity contribution in [2.75, 3.05) is 6.54 Å². The molecule has 0 bridgehead atoms. The first-order valence-corrected chi connectivity index (χ1v) is 8.17. The van der Waals surface area contributed by atoms with E-state index < -0.39 is 11.4 Å². The average molecular weight is 319 g/mol. The van der Waals surface area contributed by atoms with Crippen LogP contribution in [0, 0.1) is 5.41 Å². The van der Waals surface area contributed by atoms with Crippen LogP contribution in [0.3, 0.4) is 0 Å². The van der Waals surface area contributed by atoms with E-state index in [2.05, 4.69) is 5.32 Å². The number of hydrogen-bond donors (Lipinski definition) is 2. The van der Waals surface area contributed by atoms with Crippen LogP contribution in [0.4, 0.5) is 0 Å². The van der Waals surface area contributed by atoms with E-state index in [9.17, 15) is 9.59 Å². The summed E-state index contributed by atoms with van der Waals surface area (Å²) in [6, 6.07) is 7.15. The molecule has 1 aliphatic rings. The molecule has 5 heteroatoms. The number of carbonyl (C=O) groups excluding carboxylic acids is 1. The topological polar surface area (TPSA) is 75.6 Å². The Morgan fingerprint density at radius 1 is 1.30 bits per heavy atom. The highest BCUT2D eigenvalue weighted by Crippen LogP contribution is 2.24. The van der Waals surface area contributed by atoms with Crippen LogP contribution in [0.25, 0.3) is 0 Å². The van der Waals surface area contributed by atoms with Crippen LogP contribution in [0.15, 0.2) is 24.3 Å². The second-order valence-electron chi connectivity index (χ2n) is 6.75. The second-order valence-corrected chi connectivity index (χ2v) is 6.75. The Bertz CT molecular complexity index is 562. The van der Waals surface area contributed by atoms with Gasteiger partial charge in [0.1, 0.15) is 5.75 Å². The van der Waals surface area contributed by atoms with Gasteiger partial charge in [-0.15, -0.1) is 0 Å². The number of ether oxygens (including phenoxy) is 1. The lowest BCUT2D eigenvalue weighted by Crippen LogP contribution is -2.31. The normalized spacial score (nSPS) is 15.4. The molecule has 1 amide bonds. The number of carbonyl (C=O) groups is 2. The molecule has 1 aliphatic carbocycles. The Kier molecular flexibility index (Phi) is 5.64. The van der Waals surface area contributed by atoms with Gasteiger partial charge in [0.25, 0.3) is 5.91 Å². The molecule has 0 aliphatic heterocycles. The van der Waals surface area contributed by atoms with Crippen molar-refractivity contribution in [3.63, 3.8) is 0 Å². The highest BCUT2D eigenvalue weighted by molar-refractivity contribution is 5.94. The van der Waals surface area contributed by atoms with E-state index in [1.807, 2.05) is 6.07 Å². The lowest BCUT2D eigenvalue weighted by molar-refractivity contribution is -0.147. The molecule has 0 radical (unpaired) electrons. The van der Waals surface area contributed by atoms with Gasteiger partial charge in [-0.1, -0.05) is 6.07 Å². The highest BCUT2D eigenvalue weighted by atomic mass is 16.5. The zero-order valence-corrected chi connectivity index (χ0v) is 13.8. The third-order valence-electron chi connectivity index (χ3n) is 4.32. The summed E-state index contributed by atoms with van der Waals surface area (Å²) in [6.07, 6.45) is 5.17. The minimum Gasteiger partial charge on any atom is -0.490 e. The molecule has 126 valence electrons. The largest absolute Gasteiger partial charge is 0.490 e. The summed E-state index contributed by atoms with van der Waals surface area (Å²) in [5.74, 6) is -0.350. The van der Waals surface area contributed by atoms with Crippen molar-refractivity contribution in [2.45, 2.75) is 52.1 Å². The fourth-order valence-corrected chi connectivity index (χ4v) is 2.61. The van der Waals surface area contributed by atoms with Crippen molar-refractivity contribution < 1.29 is 19.4 Å². The summed E-state index contributed by atoms with van der Waals surface area (Å²) < 4.78 is 5.90. The van der Waals surface area contributed by atoms with Crippen LogP contribution < -0.4 is 10.1 Å². The Labute approximate surface area is 137 Å². The molecular weight excluding hydrogens is 294 g/mol. The molecule has 0 heterocycles. The van der Waals surface area contributed by atoms with Crippen LogP contribution in [-0.2, 0) is 4.79 Å². The van der Waals surface area contributed by atoms with Gasteiger partial charge >= 0.3 is 5.97 Å². The SMILES string of the molecule is CC(C)(CCNC(=O)c1cccc(OC2CCCC2)c1)C(=O)O. The monoisotopic (exact) mass is 319 g/mol. The van der Waals surface area contributed by atoms with Gasteiger partial charge in [0.15, 0.2) is 0 Å². The molecule has 23 heavy (non-hydrogen) atoms. The fourth-order valence-electron chi connectivity index (χ4n) is 2.61. The molecule has 0 aromatic heterocycles. The van der Waals surface area contributed by atoms with Gasteiger partial charge < -0.3 is 15.2 Å². The van der Waals surface area contributed by atoms with Gasteiger partial charge in [0.2, 0.25) is 0 Å². The summed E-state index contributed by atoms with van der Waals surface area (Å²) >= 11 is 0. The predicted octanol–water partition coefficient (Wildman–Crippen LogP) is 3.24. The molecular formula is C18H25NO4. The van der Waals surface area contributed by atoms with Gasteiger partial charge in [0, 0.05) is 12.1 Å². The van der Waals surface area contributed by atoms with E-state index in [4.69, 9.17) is 9.84 Å². The van der Waals surface area contributed by atoms with Crippen molar-refractivity contribution in [1.29, 1.82) is 0 Å². The summed E-state index contributed by atoms with van der Waals surface area (Å²) in [7, 11) is 0. The molecule has 2 N–H and O–H groups in total. The molecule has 1 aromatic carbocycles. The minimum absolute atomic E-state index is 0.205. The summed E-state index contributed by atoms with van der Waals surface area (Å²) in [5, 5.41) is 11.8. The number of carboxylic acids is 1. The van der Waals surface area contributed by atoms with Crippen LogP contribution >= 0.6 is 0 Å². The molecule has 1 fully saturated rings. The first-order valence-electron chi connectivity index (χ1n) is 8.17. The van der Waals surface area contributed by atoms with Crippen molar-refractivity contribution in [1.82, 2.24) is 5.32 Å². The summed E-state index contributed by atoms with van der Waals surface area (Å²) in [4.78, 5) is 23.2. The highest BCUT2D eigenvalue weighted by Gasteiger charge is 2.26. The third-order valence-corrected chi connectivity index (χ3v) is 4.32. The van der Waals surface area contributed by atoms with Crippen molar-refractivity contribution in [3.8, 4) is 5.75 Å². The standard InChI is InChI=1S/C18H25NO4/c1-18(2,17(21)22)10-11-19-16(20)13-6-5-9-15(12-13)23-14-7-3-4-8-14/h5-6,9,12,14H,3-4,7-8,10-11H2,1-2H3,(H,19,20)(H,21,22). The van der Waals surface area contributed by atoms with Gasteiger partial charge in [-0.2, -0.15) is 0 Å². The van der Waals surface area contributed by atoms with E-state index >= 15 is 0 Å². The van der Waals surface area contributed by atoms with Crippen LogP contribution in [0.5, 0.6) is 5.75 Å². The summed E-state index contributed by atoms with van der Waals surface area (Å²) in [6.45, 7) is 3.63. The predicted molar refractivity (Wildman–Crippen MR) is 87.7 cm³/mol. The number of rotatable bonds is 7. The van der Waals surface area contributed by atoms with E-state index in [1.165, 1.54) is 12.8 Å². The quantitative estimate of drug-likeness (QED) is 0.809. The van der Waals surface area contributed by atoms with Crippen molar-refractivity contribution >= 4 is 11.9 Å². The first kappa shape index (κ1) is 17.3. The molecule has 2 rings (SSSR count). The molecule has 1 saturated carbocycles. The third kappa shape index (κ3) is 4.98. The van der Waals surface area contributed by atoms with Crippen molar-refractivity contribution in [3.05, 3.63) is 29.8 Å². The van der Waals surface area contributed by atoms with E-state index in [0.717, 1.165) is 18.6 Å². The van der Waals surface area contributed by atoms with E-state index in [1.54, 1.807) is 32.0 Å². The zero-order valence-electron chi connectivity index (χ0n) is 13.8. The molecule has 0 saturated heterocycles. The van der Waals surface area contributed by atoms with Crippen LogP contribution in [-0.4, -0.2) is 29.6 Å². The number of benzene rings is 1. The second kappa shape index (κ2) is 7.49. The van der Waals surface area contributed by atoms with E-state index in [-0.39, 0.29) is 12.0 Å². The Hall–Kier alpha value is -2.04.